The molecule has 0 aromatic rings. The van der Waals surface area contributed by atoms with Crippen LogP contribution in [0.15, 0.2) is 0 Å². The zero-order valence-corrected chi connectivity index (χ0v) is 29.9. The van der Waals surface area contributed by atoms with Gasteiger partial charge in [-0.2, -0.15) is 0 Å². The molecule has 0 spiro atoms. The molecule has 0 radical (unpaired) electrons. The average Bonchev–Trinajstić information content (AvgIpc) is 3.43. The molecule has 2 aliphatic heterocycles. The summed E-state index contributed by atoms with van der Waals surface area (Å²) < 4.78 is 30.5. The fourth-order valence-electron chi connectivity index (χ4n) is 6.51. The minimum absolute atomic E-state index is 0.0408. The molecule has 2 amide bonds. The molecule has 0 bridgehead atoms. The maximum Gasteiger partial charge on any atom is 0.315 e. The number of urea groups is 1. The van der Waals surface area contributed by atoms with Crippen molar-refractivity contribution in [1.82, 2.24) is 16.0 Å². The molecule has 21 heteroatoms. The minimum atomic E-state index is -1.57. The largest absolute Gasteiger partial charge is 0.394 e. The fourth-order valence-corrected chi connectivity index (χ4v) is 6.51. The van der Waals surface area contributed by atoms with Crippen molar-refractivity contribution in [2.24, 2.45) is 34.6 Å². The number of hydrogen-bond acceptors (Lipinski definition) is 19. The Morgan fingerprint density at radius 1 is 0.923 bits per heavy atom. The topological polar surface area (TPSA) is 371 Å². The highest BCUT2D eigenvalue weighted by molar-refractivity contribution is 5.74. The van der Waals surface area contributed by atoms with Crippen LogP contribution in [0.4, 0.5) is 4.79 Å². The van der Waals surface area contributed by atoms with Gasteiger partial charge in [0.2, 0.25) is 0 Å². The van der Waals surface area contributed by atoms with Crippen molar-refractivity contribution in [1.29, 1.82) is 0 Å². The van der Waals surface area contributed by atoms with Gasteiger partial charge in [0.25, 0.3) is 0 Å². The van der Waals surface area contributed by atoms with Gasteiger partial charge in [0, 0.05) is 32.2 Å². The van der Waals surface area contributed by atoms with Crippen molar-refractivity contribution in [3.63, 3.8) is 0 Å². The number of carbonyl (C=O) groups excluding carboxylic acids is 1. The van der Waals surface area contributed by atoms with Crippen LogP contribution in [0.2, 0.25) is 0 Å². The smallest absolute Gasteiger partial charge is 0.315 e. The third kappa shape index (κ3) is 12.0. The first kappa shape index (κ1) is 44.9. The van der Waals surface area contributed by atoms with Gasteiger partial charge >= 0.3 is 6.03 Å². The molecule has 3 aliphatic rings. The van der Waals surface area contributed by atoms with Gasteiger partial charge in [0.05, 0.1) is 61.9 Å². The van der Waals surface area contributed by atoms with E-state index in [2.05, 4.69) is 16.0 Å². The average molecular weight is 757 g/mol. The van der Waals surface area contributed by atoms with Gasteiger partial charge < -0.3 is 104 Å². The Kier molecular flexibility index (Phi) is 18.7. The number of aliphatic hydroxyl groups is 7. The van der Waals surface area contributed by atoms with Crippen LogP contribution < -0.4 is 44.6 Å². The first-order valence-corrected chi connectivity index (χ1v) is 18.0. The quantitative estimate of drug-likeness (QED) is 0.0548. The Labute approximate surface area is 303 Å². The fraction of sp³-hybridized carbons (Fsp3) is 0.968. The zero-order valence-electron chi connectivity index (χ0n) is 29.9. The zero-order chi connectivity index (χ0) is 38.7. The summed E-state index contributed by atoms with van der Waals surface area (Å²) >= 11 is 0. The summed E-state index contributed by atoms with van der Waals surface area (Å²) in [5.41, 5.74) is 30.3. The molecule has 52 heavy (non-hydrogen) atoms. The van der Waals surface area contributed by atoms with E-state index in [1.807, 2.05) is 0 Å². The van der Waals surface area contributed by atoms with Crippen molar-refractivity contribution < 1.29 is 64.2 Å². The van der Waals surface area contributed by atoms with Crippen LogP contribution in [-0.2, 0) is 23.7 Å². The van der Waals surface area contributed by atoms with E-state index in [0.29, 0.717) is 19.4 Å². The van der Waals surface area contributed by atoms with Gasteiger partial charge in [0.15, 0.2) is 12.6 Å². The molecular weight excluding hydrogens is 692 g/mol. The molecule has 0 aromatic carbocycles. The maximum absolute atomic E-state index is 12.5. The number of nitrogens with two attached hydrogens (primary N) is 5. The van der Waals surface area contributed by atoms with E-state index in [9.17, 15) is 35.4 Å². The normalized spacial score (nSPS) is 37.5. The second-order valence-electron chi connectivity index (χ2n) is 14.0. The summed E-state index contributed by atoms with van der Waals surface area (Å²) in [6.45, 7) is 3.08. The summed E-state index contributed by atoms with van der Waals surface area (Å²) in [5.74, 6) is -0.466. The molecule has 306 valence electrons. The SMILES string of the molecule is C[C@H](O[C@H]1[C@@H](O)[C@H](O[C@@H]2[C@@H](O)[C@H](NC(=O)NCCN)C[C@H](N)[C@H]2O[C@H]2O[C@H](CNCC(O)CO)CC[C@H]2N)O[C@@H]1CO)[C@H](N)[C@@H](O)[C@H](O)[C@@H](C)CN. The highest BCUT2D eigenvalue weighted by Crippen LogP contribution is 2.34. The molecule has 1 saturated carbocycles. The van der Waals surface area contributed by atoms with Crippen LogP contribution in [0.1, 0.15) is 33.1 Å². The predicted molar refractivity (Wildman–Crippen MR) is 184 cm³/mol. The summed E-state index contributed by atoms with van der Waals surface area (Å²) in [4.78, 5) is 12.5. The van der Waals surface area contributed by atoms with E-state index in [-0.39, 0.29) is 38.7 Å². The molecule has 1 unspecified atom stereocenters. The summed E-state index contributed by atoms with van der Waals surface area (Å²) in [5, 5.41) is 81.2. The van der Waals surface area contributed by atoms with Gasteiger partial charge in [-0.25, -0.2) is 4.79 Å². The molecule has 2 saturated heterocycles. The van der Waals surface area contributed by atoms with Gasteiger partial charge in [-0.05, 0) is 38.6 Å². The number of nitrogens with one attached hydrogen (secondary N) is 3. The van der Waals surface area contributed by atoms with Crippen LogP contribution in [0.5, 0.6) is 0 Å². The van der Waals surface area contributed by atoms with E-state index >= 15 is 0 Å². The summed E-state index contributed by atoms with van der Waals surface area (Å²) in [6.07, 6.45) is -14.3. The monoisotopic (exact) mass is 756 g/mol. The second-order valence-corrected chi connectivity index (χ2v) is 14.0. The van der Waals surface area contributed by atoms with Crippen molar-refractivity contribution in [3.05, 3.63) is 0 Å². The van der Waals surface area contributed by atoms with Crippen molar-refractivity contribution >= 4 is 6.03 Å². The summed E-state index contributed by atoms with van der Waals surface area (Å²) in [6, 6.07) is -4.15. The Balaban J connectivity index is 1.79. The van der Waals surface area contributed by atoms with E-state index < -0.39 is 123 Å². The number of aliphatic hydroxyl groups excluding tert-OH is 7. The Morgan fingerprint density at radius 2 is 1.62 bits per heavy atom. The molecule has 0 aromatic heterocycles. The van der Waals surface area contributed by atoms with Crippen molar-refractivity contribution in [3.8, 4) is 0 Å². The third-order valence-corrected chi connectivity index (χ3v) is 9.89. The molecule has 20 N–H and O–H groups in total. The lowest BCUT2D eigenvalue weighted by Gasteiger charge is -2.46. The lowest BCUT2D eigenvalue weighted by atomic mass is 9.83. The van der Waals surface area contributed by atoms with E-state index in [0.717, 1.165) is 0 Å². The lowest BCUT2D eigenvalue weighted by molar-refractivity contribution is -0.288. The first-order chi connectivity index (χ1) is 24.7. The second kappa shape index (κ2) is 21.6. The Bertz CT molecular complexity index is 1050. The van der Waals surface area contributed by atoms with E-state index in [1.54, 1.807) is 6.92 Å². The lowest BCUT2D eigenvalue weighted by Crippen LogP contribution is -2.67. The molecule has 21 nitrogen and oxygen atoms in total. The van der Waals surface area contributed by atoms with Gasteiger partial charge in [0.1, 0.15) is 36.6 Å². The number of rotatable bonds is 20. The van der Waals surface area contributed by atoms with Crippen molar-refractivity contribution in [2.75, 3.05) is 45.9 Å². The number of carbonyl (C=O) groups is 1. The van der Waals surface area contributed by atoms with Crippen LogP contribution in [0, 0.1) is 5.92 Å². The molecule has 3 fully saturated rings. The number of hydrogen-bond donors (Lipinski definition) is 15. The molecule has 2 heterocycles. The van der Waals surface area contributed by atoms with E-state index in [4.69, 9.17) is 57.5 Å². The van der Waals surface area contributed by atoms with Gasteiger partial charge in [-0.3, -0.25) is 0 Å². The number of amides is 2. The predicted octanol–water partition coefficient (Wildman–Crippen LogP) is -7.25. The molecule has 1 aliphatic carbocycles. The highest BCUT2D eigenvalue weighted by Gasteiger charge is 2.53. The van der Waals surface area contributed by atoms with Crippen LogP contribution in [0.3, 0.4) is 0 Å². The summed E-state index contributed by atoms with van der Waals surface area (Å²) in [7, 11) is 0. The molecule has 3 rings (SSSR count). The van der Waals surface area contributed by atoms with Crippen LogP contribution in [0.25, 0.3) is 0 Å². The first-order valence-electron chi connectivity index (χ1n) is 18.0. The standard InChI is InChI=1S/C31H64N8O13/c1-13(8-33)22(43)24(45)21(36)14(2)48-27-20(12-41)50-30(25(27)46)52-28-23(44)19(39-31(47)38-6-5-32)7-18(35)26(28)51-29-17(34)4-3-16(49-29)10-37-9-15(42)11-40/h13-30,37,40-46H,3-12,32-36H2,1-2H3,(H2,38,39,47)/t13-,14-,15?,16-,17+,18-,19+,20+,21-,22+,23-,24+,25+,26+,27+,28+,29+,30-/m0/s1. The highest BCUT2D eigenvalue weighted by atomic mass is 16.7. The molecular formula is C31H64N8O13. The van der Waals surface area contributed by atoms with Gasteiger partial charge in [-0.1, -0.05) is 6.92 Å². The molecule has 18 atom stereocenters. The third-order valence-electron chi connectivity index (χ3n) is 9.89. The number of ether oxygens (including phenoxy) is 5. The van der Waals surface area contributed by atoms with Gasteiger partial charge in [-0.15, -0.1) is 0 Å². The van der Waals surface area contributed by atoms with Crippen LogP contribution >= 0.6 is 0 Å². The van der Waals surface area contributed by atoms with Crippen LogP contribution in [-0.4, -0.2) is 192 Å². The Hall–Kier alpha value is -1.45. The minimum Gasteiger partial charge on any atom is -0.394 e. The Morgan fingerprint density at radius 3 is 2.25 bits per heavy atom. The maximum atomic E-state index is 12.5. The van der Waals surface area contributed by atoms with E-state index in [1.165, 1.54) is 6.92 Å². The van der Waals surface area contributed by atoms with Crippen molar-refractivity contribution in [2.45, 2.75) is 137 Å².